The summed E-state index contributed by atoms with van der Waals surface area (Å²) in [6, 6.07) is 14.5. The molecular weight excluding hydrogens is 396 g/mol. The highest BCUT2D eigenvalue weighted by atomic mass is 16.5. The van der Waals surface area contributed by atoms with E-state index in [1.165, 1.54) is 0 Å². The van der Waals surface area contributed by atoms with Crippen molar-refractivity contribution >= 4 is 17.8 Å². The molecule has 1 heterocycles. The van der Waals surface area contributed by atoms with Crippen molar-refractivity contribution in [2.75, 3.05) is 0 Å². The fourth-order valence-corrected chi connectivity index (χ4v) is 4.30. The van der Waals surface area contributed by atoms with Crippen LogP contribution in [0, 0.1) is 11.8 Å². The van der Waals surface area contributed by atoms with Gasteiger partial charge in [0.05, 0.1) is 11.8 Å². The van der Waals surface area contributed by atoms with E-state index in [0.717, 1.165) is 11.1 Å². The number of para-hydroxylation sites is 2. The van der Waals surface area contributed by atoms with E-state index >= 15 is 0 Å². The summed E-state index contributed by atoms with van der Waals surface area (Å²) in [6.45, 7) is 3.75. The number of nitrogens with one attached hydrogen (secondary N) is 2. The minimum atomic E-state index is -1.26. The van der Waals surface area contributed by atoms with Gasteiger partial charge in [-0.05, 0) is 38.8 Å². The average Bonchev–Trinajstić information content (AvgIpc) is 2.76. The normalized spacial score (nSPS) is 20.2. The molecule has 0 fully saturated rings. The molecule has 0 saturated carbocycles. The molecule has 1 aliphatic carbocycles. The number of aliphatic carboxylic acids is 1. The Morgan fingerprint density at radius 3 is 1.84 bits per heavy atom. The highest BCUT2D eigenvalue weighted by Gasteiger charge is 2.36. The van der Waals surface area contributed by atoms with Gasteiger partial charge in [0.15, 0.2) is 0 Å². The molecule has 160 valence electrons. The number of hydrogen-bond acceptors (Lipinski definition) is 5. The Hall–Kier alpha value is -3.61. The van der Waals surface area contributed by atoms with Crippen LogP contribution in [0.3, 0.4) is 0 Å². The molecule has 2 N–H and O–H groups in total. The van der Waals surface area contributed by atoms with Crippen LogP contribution in [-0.2, 0) is 14.4 Å². The minimum Gasteiger partial charge on any atom is -0.550 e. The molecule has 31 heavy (non-hydrogen) atoms. The summed E-state index contributed by atoms with van der Waals surface area (Å²) >= 11 is 0. The van der Waals surface area contributed by atoms with E-state index in [2.05, 4.69) is 10.9 Å². The van der Waals surface area contributed by atoms with Crippen LogP contribution >= 0.6 is 0 Å². The Bertz CT molecular complexity index is 1050. The monoisotopic (exact) mass is 419 g/mol. The summed E-state index contributed by atoms with van der Waals surface area (Å²) in [6.07, 6.45) is 0.579. The van der Waals surface area contributed by atoms with Gasteiger partial charge in [0.25, 0.3) is 5.91 Å². The van der Waals surface area contributed by atoms with Crippen molar-refractivity contribution in [3.8, 4) is 11.5 Å². The number of rotatable bonds is 3. The second kappa shape index (κ2) is 8.26. The third-order valence-corrected chi connectivity index (χ3v) is 6.16. The second-order valence-corrected chi connectivity index (χ2v) is 8.09. The maximum absolute atomic E-state index is 13.1. The molecule has 0 bridgehead atoms. The van der Waals surface area contributed by atoms with Crippen molar-refractivity contribution in [3.63, 3.8) is 0 Å². The van der Waals surface area contributed by atoms with E-state index in [4.69, 9.17) is 4.74 Å². The molecular formula is C24H23N2O5-. The van der Waals surface area contributed by atoms with E-state index in [1.807, 2.05) is 50.2 Å². The first-order valence-corrected chi connectivity index (χ1v) is 10.2. The van der Waals surface area contributed by atoms with Crippen LogP contribution in [0.25, 0.3) is 0 Å². The molecule has 7 heteroatoms. The SMILES string of the molecule is CC1=C(C)C[C@@H](C(=O)NNC(=O)C2c3ccccc3Oc3ccccc32)[C@@H](C(=O)[O-])C1. The van der Waals surface area contributed by atoms with Gasteiger partial charge >= 0.3 is 0 Å². The number of hydrogen-bond donors (Lipinski definition) is 2. The maximum Gasteiger partial charge on any atom is 0.250 e. The summed E-state index contributed by atoms with van der Waals surface area (Å²) in [7, 11) is 0. The number of carbonyl (C=O) groups excluding carboxylic acids is 3. The zero-order chi connectivity index (χ0) is 22.1. The van der Waals surface area contributed by atoms with Gasteiger partial charge in [-0.25, -0.2) is 0 Å². The fourth-order valence-electron chi connectivity index (χ4n) is 4.30. The van der Waals surface area contributed by atoms with E-state index in [9.17, 15) is 19.5 Å². The number of carbonyl (C=O) groups is 3. The van der Waals surface area contributed by atoms with Crippen molar-refractivity contribution in [3.05, 3.63) is 70.8 Å². The summed E-state index contributed by atoms with van der Waals surface area (Å²) in [5, 5.41) is 11.6. The van der Waals surface area contributed by atoms with Gasteiger partial charge in [0.1, 0.15) is 11.5 Å². The summed E-state index contributed by atoms with van der Waals surface area (Å²) in [4.78, 5) is 37.5. The van der Waals surface area contributed by atoms with Gasteiger partial charge < -0.3 is 14.6 Å². The first kappa shape index (κ1) is 20.7. The molecule has 2 aliphatic rings. The lowest BCUT2D eigenvalue weighted by Crippen LogP contribution is -2.51. The van der Waals surface area contributed by atoms with Crippen molar-refractivity contribution in [1.29, 1.82) is 0 Å². The Kier molecular flexibility index (Phi) is 5.50. The lowest BCUT2D eigenvalue weighted by Gasteiger charge is -2.33. The Labute approximate surface area is 180 Å². The lowest BCUT2D eigenvalue weighted by molar-refractivity contribution is -0.313. The van der Waals surface area contributed by atoms with Crippen molar-refractivity contribution in [2.24, 2.45) is 11.8 Å². The summed E-state index contributed by atoms with van der Waals surface area (Å²) < 4.78 is 5.90. The molecule has 2 aromatic carbocycles. The Morgan fingerprint density at radius 1 is 0.806 bits per heavy atom. The summed E-state index contributed by atoms with van der Waals surface area (Å²) in [5.41, 5.74) is 8.25. The molecule has 2 amide bonds. The van der Waals surface area contributed by atoms with Crippen LogP contribution in [-0.4, -0.2) is 17.8 Å². The van der Waals surface area contributed by atoms with Crippen molar-refractivity contribution in [2.45, 2.75) is 32.6 Å². The van der Waals surface area contributed by atoms with E-state index in [1.54, 1.807) is 12.1 Å². The van der Waals surface area contributed by atoms with Gasteiger partial charge in [0.2, 0.25) is 5.91 Å². The molecule has 0 unspecified atom stereocenters. The maximum atomic E-state index is 13.1. The smallest absolute Gasteiger partial charge is 0.250 e. The number of ether oxygens (including phenoxy) is 1. The first-order valence-electron chi connectivity index (χ1n) is 10.2. The highest BCUT2D eigenvalue weighted by Crippen LogP contribution is 2.43. The van der Waals surface area contributed by atoms with Crippen LogP contribution < -0.4 is 20.7 Å². The number of allylic oxidation sites excluding steroid dienone is 2. The third-order valence-electron chi connectivity index (χ3n) is 6.16. The molecule has 1 aliphatic heterocycles. The van der Waals surface area contributed by atoms with Gasteiger partial charge in [-0.15, -0.1) is 0 Å². The van der Waals surface area contributed by atoms with Gasteiger partial charge in [0, 0.05) is 23.0 Å². The highest BCUT2D eigenvalue weighted by molar-refractivity contribution is 5.92. The molecule has 2 aromatic rings. The van der Waals surface area contributed by atoms with E-state index in [-0.39, 0.29) is 6.42 Å². The molecule has 7 nitrogen and oxygen atoms in total. The lowest BCUT2D eigenvalue weighted by atomic mass is 9.76. The standard InChI is InChI=1S/C24H24N2O5/c1-13-11-17(18(24(29)30)12-14(13)2)22(27)25-26-23(28)21-15-7-3-5-9-19(15)31-20-10-6-4-8-16(20)21/h3-10,17-18,21H,11-12H2,1-2H3,(H,25,27)(H,26,28)(H,29,30)/p-1/t17-,18+/m1/s1. The third kappa shape index (κ3) is 3.91. The first-order chi connectivity index (χ1) is 14.9. The van der Waals surface area contributed by atoms with Gasteiger partial charge in [-0.3, -0.25) is 20.4 Å². The topological polar surface area (TPSA) is 108 Å². The number of fused-ring (bicyclic) bond motifs is 2. The van der Waals surface area contributed by atoms with Crippen LogP contribution in [0.4, 0.5) is 0 Å². The second-order valence-electron chi connectivity index (χ2n) is 8.09. The van der Waals surface area contributed by atoms with Gasteiger partial charge in [-0.2, -0.15) is 0 Å². The van der Waals surface area contributed by atoms with Crippen molar-refractivity contribution in [1.82, 2.24) is 10.9 Å². The predicted octanol–water partition coefficient (Wildman–Crippen LogP) is 2.18. The Morgan fingerprint density at radius 2 is 1.29 bits per heavy atom. The number of carboxylic acids is 1. The van der Waals surface area contributed by atoms with E-state index in [0.29, 0.717) is 29.0 Å². The molecule has 0 aromatic heterocycles. The molecule has 0 radical (unpaired) electrons. The van der Waals surface area contributed by atoms with Crippen LogP contribution in [0.2, 0.25) is 0 Å². The predicted molar refractivity (Wildman–Crippen MR) is 111 cm³/mol. The Balaban J connectivity index is 1.53. The number of hydrazine groups is 1. The van der Waals surface area contributed by atoms with Gasteiger partial charge in [-0.1, -0.05) is 47.5 Å². The molecule has 0 saturated heterocycles. The largest absolute Gasteiger partial charge is 0.550 e. The van der Waals surface area contributed by atoms with Crippen LogP contribution in [0.5, 0.6) is 11.5 Å². The number of carboxylic acid groups (broad SMARTS) is 1. The number of amides is 2. The molecule has 0 spiro atoms. The summed E-state index contributed by atoms with van der Waals surface area (Å²) in [5.74, 6) is -3.47. The van der Waals surface area contributed by atoms with Crippen molar-refractivity contribution < 1.29 is 24.2 Å². The van der Waals surface area contributed by atoms with E-state index < -0.39 is 35.5 Å². The van der Waals surface area contributed by atoms with Crippen LogP contribution in [0.1, 0.15) is 43.7 Å². The number of benzene rings is 2. The fraction of sp³-hybridized carbons (Fsp3) is 0.292. The van der Waals surface area contributed by atoms with Crippen LogP contribution in [0.15, 0.2) is 59.7 Å². The quantitative estimate of drug-likeness (QED) is 0.586. The minimum absolute atomic E-state index is 0.265. The zero-order valence-electron chi connectivity index (χ0n) is 17.3. The molecule has 4 rings (SSSR count). The average molecular weight is 419 g/mol. The molecule has 2 atom stereocenters. The zero-order valence-corrected chi connectivity index (χ0v) is 17.3.